The van der Waals surface area contributed by atoms with Crippen LogP contribution in [0.1, 0.15) is 27.9 Å². The highest BCUT2D eigenvalue weighted by Crippen LogP contribution is 2.30. The zero-order valence-corrected chi connectivity index (χ0v) is 12.6. The number of halogens is 1. The number of aryl methyl sites for hydroxylation is 1. The van der Waals surface area contributed by atoms with Crippen molar-refractivity contribution in [1.29, 1.82) is 0 Å². The molecule has 3 heteroatoms. The zero-order valence-electron chi connectivity index (χ0n) is 11.0. The van der Waals surface area contributed by atoms with Gasteiger partial charge in [0.25, 0.3) is 0 Å². The molecular weight excluding hydrogens is 316 g/mol. The number of ketones is 1. The van der Waals surface area contributed by atoms with Crippen molar-refractivity contribution >= 4 is 21.7 Å². The lowest BCUT2D eigenvalue weighted by Gasteiger charge is -2.23. The molecule has 1 N–H and O–H groups in total. The first-order valence-electron chi connectivity index (χ1n) is 6.74. The lowest BCUT2D eigenvalue weighted by Crippen LogP contribution is -2.24. The van der Waals surface area contributed by atoms with Gasteiger partial charge in [0.2, 0.25) is 0 Å². The summed E-state index contributed by atoms with van der Waals surface area (Å²) in [6.07, 6.45) is 2.49. The molecule has 0 aliphatic heterocycles. The van der Waals surface area contributed by atoms with Crippen LogP contribution in [-0.2, 0) is 12.8 Å². The molecule has 102 valence electrons. The Hall–Kier alpha value is -1.61. The smallest absolute Gasteiger partial charge is 0.166 e. The van der Waals surface area contributed by atoms with E-state index in [0.29, 0.717) is 0 Å². The van der Waals surface area contributed by atoms with Crippen molar-refractivity contribution in [3.63, 3.8) is 0 Å². The van der Waals surface area contributed by atoms with Crippen LogP contribution in [-0.4, -0.2) is 10.9 Å². The highest BCUT2D eigenvalue weighted by molar-refractivity contribution is 9.10. The van der Waals surface area contributed by atoms with E-state index >= 15 is 0 Å². The van der Waals surface area contributed by atoms with Crippen molar-refractivity contribution in [3.05, 3.63) is 63.6 Å². The van der Waals surface area contributed by atoms with E-state index < -0.39 is 0 Å². The van der Waals surface area contributed by atoms with Crippen molar-refractivity contribution in [3.8, 4) is 5.75 Å². The van der Waals surface area contributed by atoms with Crippen molar-refractivity contribution < 1.29 is 9.90 Å². The number of Topliss-reactive ketones (excluding diaryl/α,β-unsaturated/α-hetero) is 1. The number of rotatable bonds is 2. The SMILES string of the molecule is O=C1c2ccc(O)cc2CCC1Cc1ccc(Br)cc1. The van der Waals surface area contributed by atoms with Crippen molar-refractivity contribution in [2.75, 3.05) is 0 Å². The van der Waals surface area contributed by atoms with Crippen molar-refractivity contribution in [2.45, 2.75) is 19.3 Å². The summed E-state index contributed by atoms with van der Waals surface area (Å²) in [6, 6.07) is 13.2. The zero-order chi connectivity index (χ0) is 14.1. The number of phenols is 1. The number of carbonyl (C=O) groups excluding carboxylic acids is 1. The normalized spacial score (nSPS) is 17.9. The van der Waals surface area contributed by atoms with Gasteiger partial charge in [-0.3, -0.25) is 4.79 Å². The molecule has 1 unspecified atom stereocenters. The fourth-order valence-electron chi connectivity index (χ4n) is 2.81. The predicted molar refractivity (Wildman–Crippen MR) is 82.1 cm³/mol. The quantitative estimate of drug-likeness (QED) is 0.898. The standard InChI is InChI=1S/C17H15BrO2/c18-14-5-1-11(2-6-14)9-13-4-3-12-10-15(19)7-8-16(12)17(13)20/h1-2,5-8,10,13,19H,3-4,9H2. The van der Waals surface area contributed by atoms with E-state index in [0.717, 1.165) is 34.9 Å². The summed E-state index contributed by atoms with van der Waals surface area (Å²) < 4.78 is 1.05. The minimum atomic E-state index is 0.0493. The molecule has 0 aromatic heterocycles. The van der Waals surface area contributed by atoms with Gasteiger partial charge in [0.15, 0.2) is 5.78 Å². The number of fused-ring (bicyclic) bond motifs is 1. The van der Waals surface area contributed by atoms with Gasteiger partial charge in [0, 0.05) is 16.0 Å². The lowest BCUT2D eigenvalue weighted by atomic mass is 9.80. The molecule has 0 heterocycles. The summed E-state index contributed by atoms with van der Waals surface area (Å²) in [5.41, 5.74) is 2.94. The maximum atomic E-state index is 12.5. The van der Waals surface area contributed by atoms with E-state index in [9.17, 15) is 9.90 Å². The maximum Gasteiger partial charge on any atom is 0.166 e. The minimum Gasteiger partial charge on any atom is -0.508 e. The van der Waals surface area contributed by atoms with Crippen LogP contribution in [0.5, 0.6) is 5.75 Å². The summed E-state index contributed by atoms with van der Waals surface area (Å²) in [4.78, 5) is 12.5. The van der Waals surface area contributed by atoms with Crippen LogP contribution in [0.4, 0.5) is 0 Å². The molecule has 1 aliphatic rings. The summed E-state index contributed by atoms with van der Waals surface area (Å²) in [7, 11) is 0. The van der Waals surface area contributed by atoms with Crippen molar-refractivity contribution in [2.24, 2.45) is 5.92 Å². The van der Waals surface area contributed by atoms with Gasteiger partial charge in [-0.1, -0.05) is 28.1 Å². The van der Waals surface area contributed by atoms with Gasteiger partial charge in [-0.25, -0.2) is 0 Å². The summed E-state index contributed by atoms with van der Waals surface area (Å²) in [6.45, 7) is 0. The highest BCUT2D eigenvalue weighted by Gasteiger charge is 2.27. The van der Waals surface area contributed by atoms with E-state index in [2.05, 4.69) is 28.1 Å². The van der Waals surface area contributed by atoms with Gasteiger partial charge >= 0.3 is 0 Å². The first-order valence-corrected chi connectivity index (χ1v) is 7.53. The largest absolute Gasteiger partial charge is 0.508 e. The first kappa shape index (κ1) is 13.4. The first-order chi connectivity index (χ1) is 9.63. The molecule has 0 radical (unpaired) electrons. The number of hydrogen-bond donors (Lipinski definition) is 1. The van der Waals surface area contributed by atoms with E-state index in [4.69, 9.17) is 0 Å². The third kappa shape index (κ3) is 2.63. The number of phenolic OH excluding ortho intramolecular Hbond substituents is 1. The van der Waals surface area contributed by atoms with Crippen LogP contribution in [0.3, 0.4) is 0 Å². The molecule has 0 bridgehead atoms. The number of hydrogen-bond acceptors (Lipinski definition) is 2. The minimum absolute atomic E-state index is 0.0493. The Morgan fingerprint density at radius 1 is 1.15 bits per heavy atom. The molecule has 3 rings (SSSR count). The monoisotopic (exact) mass is 330 g/mol. The topological polar surface area (TPSA) is 37.3 Å². The highest BCUT2D eigenvalue weighted by atomic mass is 79.9. The average molecular weight is 331 g/mol. The maximum absolute atomic E-state index is 12.5. The van der Waals surface area contributed by atoms with Gasteiger partial charge in [0.1, 0.15) is 5.75 Å². The molecule has 2 nitrogen and oxygen atoms in total. The Morgan fingerprint density at radius 2 is 1.90 bits per heavy atom. The van der Waals surface area contributed by atoms with E-state index in [1.165, 1.54) is 5.56 Å². The number of aromatic hydroxyl groups is 1. The summed E-state index contributed by atoms with van der Waals surface area (Å²) >= 11 is 3.42. The van der Waals surface area contributed by atoms with Crippen molar-refractivity contribution in [1.82, 2.24) is 0 Å². The molecule has 2 aromatic rings. The fraction of sp³-hybridized carbons (Fsp3) is 0.235. The van der Waals surface area contributed by atoms with E-state index in [1.54, 1.807) is 18.2 Å². The molecule has 2 aromatic carbocycles. The summed E-state index contributed by atoms with van der Waals surface area (Å²) in [5.74, 6) is 0.491. The Balaban J connectivity index is 1.81. The van der Waals surface area contributed by atoms with Crippen LogP contribution in [0.2, 0.25) is 0 Å². The van der Waals surface area contributed by atoms with Gasteiger partial charge in [0.05, 0.1) is 0 Å². The van der Waals surface area contributed by atoms with Crippen LogP contribution in [0.25, 0.3) is 0 Å². The second-order valence-corrected chi connectivity index (χ2v) is 6.19. The average Bonchev–Trinajstić information content (AvgIpc) is 2.44. The van der Waals surface area contributed by atoms with Crippen LogP contribution < -0.4 is 0 Å². The molecule has 20 heavy (non-hydrogen) atoms. The third-order valence-electron chi connectivity index (χ3n) is 3.88. The second kappa shape index (κ2) is 5.41. The van der Waals surface area contributed by atoms with Gasteiger partial charge in [-0.2, -0.15) is 0 Å². The Labute approximate surface area is 126 Å². The number of benzene rings is 2. The van der Waals surface area contributed by atoms with Crippen LogP contribution in [0.15, 0.2) is 46.9 Å². The van der Waals surface area contributed by atoms with E-state index in [-0.39, 0.29) is 17.5 Å². The molecule has 0 amide bonds. The van der Waals surface area contributed by atoms with Crippen LogP contribution in [0, 0.1) is 5.92 Å². The molecule has 0 saturated heterocycles. The summed E-state index contributed by atoms with van der Waals surface area (Å²) in [5, 5.41) is 9.49. The predicted octanol–water partition coefficient (Wildman–Crippen LogP) is 4.14. The Kier molecular flexibility index (Phi) is 3.62. The van der Waals surface area contributed by atoms with Gasteiger partial charge in [-0.05, 0) is 60.7 Å². The molecule has 0 saturated carbocycles. The number of carbonyl (C=O) groups is 1. The molecule has 1 aliphatic carbocycles. The second-order valence-electron chi connectivity index (χ2n) is 5.27. The molecule has 0 fully saturated rings. The van der Waals surface area contributed by atoms with Gasteiger partial charge in [-0.15, -0.1) is 0 Å². The fourth-order valence-corrected chi connectivity index (χ4v) is 3.07. The Morgan fingerprint density at radius 3 is 2.65 bits per heavy atom. The molecule has 1 atom stereocenters. The lowest BCUT2D eigenvalue weighted by molar-refractivity contribution is 0.0901. The Bertz CT molecular complexity index is 647. The molecular formula is C17H15BrO2. The third-order valence-corrected chi connectivity index (χ3v) is 4.41. The van der Waals surface area contributed by atoms with Crippen LogP contribution >= 0.6 is 15.9 Å². The van der Waals surface area contributed by atoms with E-state index in [1.807, 2.05) is 12.1 Å². The van der Waals surface area contributed by atoms with Gasteiger partial charge < -0.3 is 5.11 Å². The molecule has 0 spiro atoms.